The Morgan fingerprint density at radius 3 is 2.34 bits per heavy atom. The number of nitrogens with two attached hydrogens (primary N) is 2. The van der Waals surface area contributed by atoms with Gasteiger partial charge in [0.25, 0.3) is 5.91 Å². The first-order valence-electron chi connectivity index (χ1n) is 15.0. The van der Waals surface area contributed by atoms with Gasteiger partial charge in [-0.25, -0.2) is 17.9 Å². The Morgan fingerprint density at radius 2 is 1.68 bits per heavy atom. The van der Waals surface area contributed by atoms with E-state index in [1.54, 1.807) is 60.4 Å². The summed E-state index contributed by atoms with van der Waals surface area (Å²) >= 11 is 0. The standard InChI is InChI=1S/C34H36N6O6S/c1-20-26(24-12-7-15-40(19-24)34(36)37)17-27(33(43)44)30(39-32(42)22-9-3-2-4-10-22)29(20)28(31(35)41)18-38-47(45,46)25-14-13-21-8-5-6-11-23(21)16-25/h2-6,8-11,13-14,16-17,24,28,38H,7,12,15,18-19H2,1H3,(H2,35,41)(H3,36,37)(H,39,42)(H,43,44). The number of nitrogens with one attached hydrogen (secondary N) is 3. The van der Waals surface area contributed by atoms with Gasteiger partial charge in [0, 0.05) is 31.1 Å². The highest BCUT2D eigenvalue weighted by molar-refractivity contribution is 7.89. The molecule has 1 fully saturated rings. The van der Waals surface area contributed by atoms with Crippen molar-refractivity contribution in [3.63, 3.8) is 0 Å². The molecular weight excluding hydrogens is 620 g/mol. The summed E-state index contributed by atoms with van der Waals surface area (Å²) in [7, 11) is -4.16. The van der Waals surface area contributed by atoms with Crippen LogP contribution in [0.15, 0.2) is 83.8 Å². The molecule has 4 aromatic carbocycles. The highest BCUT2D eigenvalue weighted by atomic mass is 32.2. The monoisotopic (exact) mass is 656 g/mol. The predicted octanol–water partition coefficient (Wildman–Crippen LogP) is 3.72. The number of primary amides is 1. The zero-order valence-electron chi connectivity index (χ0n) is 25.7. The molecule has 13 heteroatoms. The van der Waals surface area contributed by atoms with Gasteiger partial charge in [0.15, 0.2) is 5.96 Å². The summed E-state index contributed by atoms with van der Waals surface area (Å²) in [6.45, 7) is 2.08. The summed E-state index contributed by atoms with van der Waals surface area (Å²) in [6, 6.07) is 21.5. The molecule has 2 amide bonds. The van der Waals surface area contributed by atoms with Crippen LogP contribution in [0.1, 0.15) is 62.1 Å². The molecule has 0 aliphatic carbocycles. The molecular formula is C34H36N6O6S. The number of guanidine groups is 1. The first kappa shape index (κ1) is 33.1. The van der Waals surface area contributed by atoms with E-state index in [9.17, 15) is 27.9 Å². The van der Waals surface area contributed by atoms with Gasteiger partial charge in [-0.15, -0.1) is 0 Å². The maximum Gasteiger partial charge on any atom is 0.337 e. The van der Waals surface area contributed by atoms with Crippen molar-refractivity contribution in [2.24, 2.45) is 11.5 Å². The number of rotatable bonds is 10. The van der Waals surface area contributed by atoms with Gasteiger partial charge in [0.2, 0.25) is 15.9 Å². The zero-order valence-corrected chi connectivity index (χ0v) is 26.5. The molecule has 5 rings (SSSR count). The van der Waals surface area contributed by atoms with E-state index >= 15 is 0 Å². The molecule has 12 nitrogen and oxygen atoms in total. The first-order chi connectivity index (χ1) is 22.4. The van der Waals surface area contributed by atoms with Crippen LogP contribution in [-0.2, 0) is 14.8 Å². The van der Waals surface area contributed by atoms with Gasteiger partial charge < -0.3 is 26.8 Å². The van der Waals surface area contributed by atoms with Gasteiger partial charge in [0.1, 0.15) is 0 Å². The fourth-order valence-electron chi connectivity index (χ4n) is 6.17. The van der Waals surface area contributed by atoms with E-state index in [4.69, 9.17) is 16.9 Å². The summed E-state index contributed by atoms with van der Waals surface area (Å²) in [5.74, 6) is -4.67. The molecule has 8 N–H and O–H groups in total. The van der Waals surface area contributed by atoms with Crippen LogP contribution in [0.25, 0.3) is 10.8 Å². The Bertz CT molecular complexity index is 1980. The molecule has 47 heavy (non-hydrogen) atoms. The number of aromatic carboxylic acids is 1. The maximum absolute atomic E-state index is 13.5. The minimum Gasteiger partial charge on any atom is -0.478 e. The number of carboxylic acids is 1. The number of hydrogen-bond donors (Lipinski definition) is 6. The van der Waals surface area contributed by atoms with Gasteiger partial charge in [-0.3, -0.25) is 15.0 Å². The number of carboxylic acid groups (broad SMARTS) is 1. The molecule has 0 bridgehead atoms. The fourth-order valence-corrected chi connectivity index (χ4v) is 7.25. The Labute approximate surface area is 272 Å². The number of sulfonamides is 1. The molecule has 244 valence electrons. The van der Waals surface area contributed by atoms with Crippen LogP contribution in [0, 0.1) is 12.3 Å². The summed E-state index contributed by atoms with van der Waals surface area (Å²) in [6.07, 6.45) is 1.33. The highest BCUT2D eigenvalue weighted by Gasteiger charge is 2.33. The lowest BCUT2D eigenvalue weighted by molar-refractivity contribution is -0.119. The van der Waals surface area contributed by atoms with Crippen LogP contribution in [0.2, 0.25) is 0 Å². The minimum atomic E-state index is -4.16. The zero-order chi connectivity index (χ0) is 33.9. The molecule has 2 unspecified atom stereocenters. The number of likely N-dealkylation sites (tertiary alicyclic amines) is 1. The Kier molecular flexibility index (Phi) is 9.59. The SMILES string of the molecule is Cc1c(C2CCCN(C(=N)N)C2)cc(C(=O)O)c(NC(=O)c2ccccc2)c1C(CNS(=O)(=O)c1ccc2ccccc2c1)C(N)=O. The molecule has 0 radical (unpaired) electrons. The summed E-state index contributed by atoms with van der Waals surface area (Å²) in [5.41, 5.74) is 12.6. The number of nitrogens with zero attached hydrogens (tertiary/aromatic N) is 1. The second-order valence-corrected chi connectivity index (χ2v) is 13.3. The summed E-state index contributed by atoms with van der Waals surface area (Å²) < 4.78 is 29.5. The van der Waals surface area contributed by atoms with Crippen LogP contribution in [0.5, 0.6) is 0 Å². The van der Waals surface area contributed by atoms with Gasteiger partial charge in [-0.1, -0.05) is 48.5 Å². The van der Waals surface area contributed by atoms with Gasteiger partial charge in [-0.2, -0.15) is 0 Å². The van der Waals surface area contributed by atoms with Crippen LogP contribution < -0.4 is 21.5 Å². The van der Waals surface area contributed by atoms with Crippen LogP contribution in [0.3, 0.4) is 0 Å². The molecule has 0 spiro atoms. The normalized spacial score (nSPS) is 15.6. The van der Waals surface area contributed by atoms with Gasteiger partial charge >= 0.3 is 5.97 Å². The number of fused-ring (bicyclic) bond motifs is 1. The summed E-state index contributed by atoms with van der Waals surface area (Å²) in [4.78, 5) is 41.0. The number of carbonyl (C=O) groups is 3. The summed E-state index contributed by atoms with van der Waals surface area (Å²) in [5, 5.41) is 22.6. The van der Waals surface area contributed by atoms with Crippen molar-refractivity contribution in [3.05, 3.63) is 107 Å². The number of carbonyl (C=O) groups excluding carboxylic acids is 2. The van der Waals surface area contributed by atoms with E-state index in [2.05, 4.69) is 10.0 Å². The fraction of sp³-hybridized carbons (Fsp3) is 0.235. The van der Waals surface area contributed by atoms with Crippen LogP contribution >= 0.6 is 0 Å². The molecule has 0 aromatic heterocycles. The van der Waals surface area contributed by atoms with Crippen molar-refractivity contribution in [1.82, 2.24) is 9.62 Å². The molecule has 2 atom stereocenters. The minimum absolute atomic E-state index is 0.0275. The van der Waals surface area contributed by atoms with Crippen molar-refractivity contribution >= 4 is 50.2 Å². The number of anilines is 1. The third-order valence-electron chi connectivity index (χ3n) is 8.58. The lowest BCUT2D eigenvalue weighted by Gasteiger charge is -2.35. The number of hydrogen-bond acceptors (Lipinski definition) is 6. The van der Waals surface area contributed by atoms with Crippen LogP contribution in [-0.4, -0.2) is 61.8 Å². The van der Waals surface area contributed by atoms with E-state index in [0.29, 0.717) is 42.4 Å². The van der Waals surface area contributed by atoms with E-state index in [0.717, 1.165) is 5.39 Å². The lowest BCUT2D eigenvalue weighted by Crippen LogP contribution is -2.43. The molecule has 1 aliphatic rings. The van der Waals surface area contributed by atoms with E-state index in [1.807, 2.05) is 12.1 Å². The second kappa shape index (κ2) is 13.6. The molecule has 1 heterocycles. The Hall–Kier alpha value is -5.27. The lowest BCUT2D eigenvalue weighted by atomic mass is 9.80. The van der Waals surface area contributed by atoms with Crippen molar-refractivity contribution in [2.75, 3.05) is 25.0 Å². The first-order valence-corrected chi connectivity index (χ1v) is 16.5. The second-order valence-electron chi connectivity index (χ2n) is 11.5. The molecule has 1 aliphatic heterocycles. The Morgan fingerprint density at radius 1 is 1.00 bits per heavy atom. The predicted molar refractivity (Wildman–Crippen MR) is 179 cm³/mol. The van der Waals surface area contributed by atoms with Crippen molar-refractivity contribution in [3.8, 4) is 0 Å². The maximum atomic E-state index is 13.5. The highest BCUT2D eigenvalue weighted by Crippen LogP contribution is 2.39. The number of piperidine rings is 1. The number of amides is 2. The number of benzene rings is 4. The van der Waals surface area contributed by atoms with Gasteiger partial charge in [0.05, 0.1) is 22.1 Å². The molecule has 1 saturated heterocycles. The van der Waals surface area contributed by atoms with Gasteiger partial charge in [-0.05, 0) is 77.6 Å². The molecule has 0 saturated carbocycles. The molecule has 4 aromatic rings. The third-order valence-corrected chi connectivity index (χ3v) is 10.0. The topological polar surface area (TPSA) is 209 Å². The van der Waals surface area contributed by atoms with Crippen LogP contribution in [0.4, 0.5) is 5.69 Å². The van der Waals surface area contributed by atoms with Crippen molar-refractivity contribution in [1.29, 1.82) is 5.41 Å². The van der Waals surface area contributed by atoms with E-state index in [-0.39, 0.29) is 39.2 Å². The quantitative estimate of drug-likeness (QED) is 0.109. The largest absolute Gasteiger partial charge is 0.478 e. The van der Waals surface area contributed by atoms with Crippen molar-refractivity contribution < 1.29 is 27.9 Å². The average Bonchev–Trinajstić information content (AvgIpc) is 3.05. The van der Waals surface area contributed by atoms with Crippen molar-refractivity contribution in [2.45, 2.75) is 36.5 Å². The smallest absolute Gasteiger partial charge is 0.337 e. The third kappa shape index (κ3) is 7.11. The Balaban J connectivity index is 1.61. The van der Waals surface area contributed by atoms with E-state index < -0.39 is 40.3 Å². The average molecular weight is 657 g/mol. The van der Waals surface area contributed by atoms with E-state index in [1.165, 1.54) is 18.2 Å².